The molecular formula is C24H21F2N5O. The van der Waals surface area contributed by atoms with Crippen LogP contribution < -0.4 is 10.2 Å². The van der Waals surface area contributed by atoms with Gasteiger partial charge in [0.2, 0.25) is 0 Å². The van der Waals surface area contributed by atoms with Gasteiger partial charge in [0, 0.05) is 31.4 Å². The average molecular weight is 433 g/mol. The van der Waals surface area contributed by atoms with Gasteiger partial charge in [-0.25, -0.2) is 18.7 Å². The summed E-state index contributed by atoms with van der Waals surface area (Å²) in [5.74, 6) is 0.215. The van der Waals surface area contributed by atoms with Crippen molar-refractivity contribution in [3.8, 4) is 0 Å². The molecule has 0 saturated carbocycles. The van der Waals surface area contributed by atoms with Gasteiger partial charge in [0.25, 0.3) is 12.3 Å². The fourth-order valence-electron chi connectivity index (χ4n) is 3.96. The molecule has 0 atom stereocenters. The number of anilines is 1. The number of carbonyl (C=O) groups excluding carboxylic acids is 1. The Morgan fingerprint density at radius 2 is 1.97 bits per heavy atom. The van der Waals surface area contributed by atoms with Gasteiger partial charge in [-0.2, -0.15) is 0 Å². The number of aromatic amines is 1. The van der Waals surface area contributed by atoms with Gasteiger partial charge in [0.15, 0.2) is 5.82 Å². The molecule has 3 heterocycles. The number of carbonyl (C=O) groups is 1. The third-order valence-electron chi connectivity index (χ3n) is 5.69. The zero-order valence-corrected chi connectivity index (χ0v) is 17.2. The van der Waals surface area contributed by atoms with Crippen molar-refractivity contribution in [1.29, 1.82) is 0 Å². The SMILES string of the molecule is O=C(NCc1ccc(N2CCc3ccccc3C2)nc1)c1ccc2nc(C(F)F)[nH]c2c1. The van der Waals surface area contributed by atoms with Gasteiger partial charge in [-0.15, -0.1) is 0 Å². The highest BCUT2D eigenvalue weighted by Crippen LogP contribution is 2.23. The Kier molecular flexibility index (Phi) is 5.26. The minimum atomic E-state index is -2.69. The van der Waals surface area contributed by atoms with Gasteiger partial charge >= 0.3 is 0 Å². The Hall–Kier alpha value is -3.81. The van der Waals surface area contributed by atoms with Crippen LogP contribution in [0.5, 0.6) is 0 Å². The van der Waals surface area contributed by atoms with Crippen molar-refractivity contribution in [2.24, 2.45) is 0 Å². The van der Waals surface area contributed by atoms with Crippen LogP contribution >= 0.6 is 0 Å². The smallest absolute Gasteiger partial charge is 0.295 e. The molecule has 0 radical (unpaired) electrons. The molecular weight excluding hydrogens is 412 g/mol. The van der Waals surface area contributed by atoms with Gasteiger partial charge in [0.1, 0.15) is 5.82 Å². The third kappa shape index (κ3) is 4.03. The summed E-state index contributed by atoms with van der Waals surface area (Å²) in [4.78, 5) is 25.7. The molecule has 1 amide bonds. The van der Waals surface area contributed by atoms with Crippen LogP contribution in [-0.4, -0.2) is 27.4 Å². The highest BCUT2D eigenvalue weighted by molar-refractivity contribution is 5.97. The fraction of sp³-hybridized carbons (Fsp3) is 0.208. The molecule has 5 rings (SSSR count). The van der Waals surface area contributed by atoms with E-state index in [0.29, 0.717) is 23.1 Å². The summed E-state index contributed by atoms with van der Waals surface area (Å²) in [6.07, 6.45) is 0.0768. The lowest BCUT2D eigenvalue weighted by Gasteiger charge is -2.29. The van der Waals surface area contributed by atoms with E-state index >= 15 is 0 Å². The first-order valence-corrected chi connectivity index (χ1v) is 10.4. The second kappa shape index (κ2) is 8.37. The monoisotopic (exact) mass is 433 g/mol. The molecule has 0 aliphatic carbocycles. The summed E-state index contributed by atoms with van der Waals surface area (Å²) in [7, 11) is 0. The van der Waals surface area contributed by atoms with E-state index in [1.165, 1.54) is 17.2 Å². The van der Waals surface area contributed by atoms with Crippen molar-refractivity contribution in [2.75, 3.05) is 11.4 Å². The number of nitrogens with one attached hydrogen (secondary N) is 2. The van der Waals surface area contributed by atoms with E-state index in [2.05, 4.69) is 49.4 Å². The zero-order chi connectivity index (χ0) is 22.1. The molecule has 0 saturated heterocycles. The largest absolute Gasteiger partial charge is 0.352 e. The van der Waals surface area contributed by atoms with Gasteiger partial charge in [-0.05, 0) is 47.4 Å². The van der Waals surface area contributed by atoms with Gasteiger partial charge in [-0.1, -0.05) is 30.3 Å². The Bertz CT molecular complexity index is 1270. The van der Waals surface area contributed by atoms with Gasteiger partial charge in [-0.3, -0.25) is 4.79 Å². The molecule has 32 heavy (non-hydrogen) atoms. The minimum Gasteiger partial charge on any atom is -0.352 e. The molecule has 8 heteroatoms. The number of nitrogens with zero attached hydrogens (tertiary/aromatic N) is 3. The first kappa shape index (κ1) is 20.1. The summed E-state index contributed by atoms with van der Waals surface area (Å²) >= 11 is 0. The van der Waals surface area contributed by atoms with E-state index in [1.807, 2.05) is 12.1 Å². The lowest BCUT2D eigenvalue weighted by molar-refractivity contribution is 0.0951. The highest BCUT2D eigenvalue weighted by Gasteiger charge is 2.17. The topological polar surface area (TPSA) is 73.9 Å². The van der Waals surface area contributed by atoms with Crippen LogP contribution in [0.25, 0.3) is 11.0 Å². The number of pyridine rings is 1. The first-order valence-electron chi connectivity index (χ1n) is 10.4. The second-order valence-electron chi connectivity index (χ2n) is 7.80. The number of aromatic nitrogens is 3. The molecule has 1 aliphatic heterocycles. The van der Waals surface area contributed by atoms with Crippen molar-refractivity contribution in [1.82, 2.24) is 20.3 Å². The number of H-pyrrole nitrogens is 1. The number of alkyl halides is 2. The molecule has 0 fully saturated rings. The van der Waals surface area contributed by atoms with E-state index < -0.39 is 12.2 Å². The standard InChI is InChI=1S/C24H21F2N5O/c25-22(26)23-29-19-7-6-17(11-20(19)30-23)24(32)28-13-15-5-8-21(27-12-15)31-10-9-16-3-1-2-4-18(16)14-31/h1-8,11-12,22H,9-10,13-14H2,(H,28,32)(H,29,30). The number of rotatable bonds is 5. The quantitative estimate of drug-likeness (QED) is 0.490. The number of amides is 1. The van der Waals surface area contributed by atoms with E-state index in [9.17, 15) is 13.6 Å². The maximum absolute atomic E-state index is 12.8. The van der Waals surface area contributed by atoms with E-state index in [1.54, 1.807) is 18.3 Å². The number of imidazole rings is 1. The van der Waals surface area contributed by atoms with Gasteiger partial charge in [0.05, 0.1) is 11.0 Å². The lowest BCUT2D eigenvalue weighted by Crippen LogP contribution is -2.31. The fourth-order valence-corrected chi connectivity index (χ4v) is 3.96. The molecule has 4 aromatic rings. The Labute approximate surface area is 183 Å². The lowest BCUT2D eigenvalue weighted by atomic mass is 10.00. The van der Waals surface area contributed by atoms with Crippen LogP contribution in [0, 0.1) is 0 Å². The molecule has 6 nitrogen and oxygen atoms in total. The molecule has 2 N–H and O–H groups in total. The number of hydrogen-bond donors (Lipinski definition) is 2. The second-order valence-corrected chi connectivity index (χ2v) is 7.80. The molecule has 0 spiro atoms. The predicted octanol–water partition coefficient (Wildman–Crippen LogP) is 4.39. The van der Waals surface area contributed by atoms with Crippen LogP contribution in [0.15, 0.2) is 60.8 Å². The van der Waals surface area contributed by atoms with Crippen LogP contribution in [-0.2, 0) is 19.5 Å². The summed E-state index contributed by atoms with van der Waals surface area (Å²) in [6, 6.07) is 17.0. The van der Waals surface area contributed by atoms with Crippen molar-refractivity contribution in [3.05, 3.63) is 88.9 Å². The van der Waals surface area contributed by atoms with Crippen LogP contribution in [0.2, 0.25) is 0 Å². The molecule has 0 bridgehead atoms. The van der Waals surface area contributed by atoms with Crippen molar-refractivity contribution >= 4 is 22.8 Å². The maximum atomic E-state index is 12.8. The summed E-state index contributed by atoms with van der Waals surface area (Å²) in [5.41, 5.74) is 4.77. The Morgan fingerprint density at radius 1 is 1.12 bits per heavy atom. The maximum Gasteiger partial charge on any atom is 0.295 e. The van der Waals surface area contributed by atoms with E-state index in [0.717, 1.165) is 30.9 Å². The summed E-state index contributed by atoms with van der Waals surface area (Å²) in [6.45, 7) is 2.07. The summed E-state index contributed by atoms with van der Waals surface area (Å²) < 4.78 is 25.6. The van der Waals surface area contributed by atoms with Gasteiger partial charge < -0.3 is 15.2 Å². The molecule has 162 valence electrons. The van der Waals surface area contributed by atoms with Crippen LogP contribution in [0.3, 0.4) is 0 Å². The molecule has 2 aromatic heterocycles. The zero-order valence-electron chi connectivity index (χ0n) is 17.2. The van der Waals surface area contributed by atoms with Crippen LogP contribution in [0.4, 0.5) is 14.6 Å². The number of benzene rings is 2. The minimum absolute atomic E-state index is 0.295. The average Bonchev–Trinajstić information content (AvgIpc) is 3.26. The first-order chi connectivity index (χ1) is 15.6. The van der Waals surface area contributed by atoms with Crippen molar-refractivity contribution in [3.63, 3.8) is 0 Å². The highest BCUT2D eigenvalue weighted by atomic mass is 19.3. The number of halogens is 2. The Balaban J connectivity index is 1.22. The number of fused-ring (bicyclic) bond motifs is 2. The molecule has 2 aromatic carbocycles. The summed E-state index contributed by atoms with van der Waals surface area (Å²) in [5, 5.41) is 2.85. The molecule has 0 unspecified atom stereocenters. The van der Waals surface area contributed by atoms with E-state index in [-0.39, 0.29) is 5.91 Å². The Morgan fingerprint density at radius 3 is 2.75 bits per heavy atom. The molecule has 1 aliphatic rings. The normalized spacial score (nSPS) is 13.4. The van der Waals surface area contributed by atoms with Crippen molar-refractivity contribution < 1.29 is 13.6 Å². The van der Waals surface area contributed by atoms with Crippen molar-refractivity contribution in [2.45, 2.75) is 25.9 Å². The van der Waals surface area contributed by atoms with Crippen LogP contribution in [0.1, 0.15) is 39.3 Å². The predicted molar refractivity (Wildman–Crippen MR) is 118 cm³/mol. The third-order valence-corrected chi connectivity index (χ3v) is 5.69. The number of hydrogen-bond acceptors (Lipinski definition) is 4. The van der Waals surface area contributed by atoms with E-state index in [4.69, 9.17) is 0 Å².